The molecule has 6 rings (SSSR count). The Morgan fingerprint density at radius 1 is 1.14 bits per heavy atom. The van der Waals surface area contributed by atoms with Gasteiger partial charge in [0.1, 0.15) is 10.6 Å². The van der Waals surface area contributed by atoms with Crippen LogP contribution in [-0.2, 0) is 6.18 Å². The minimum Gasteiger partial charge on any atom is -0.483 e. The number of nitrogens with zero attached hydrogens (tertiary/aromatic N) is 5. The Kier molecular flexibility index (Phi) is 6.55. The Morgan fingerprint density at radius 2 is 1.94 bits per heavy atom. The Morgan fingerprint density at radius 3 is 2.69 bits per heavy atom. The summed E-state index contributed by atoms with van der Waals surface area (Å²) >= 11 is 9.19. The number of hydrogen-bond donors (Lipinski definition) is 1. The van der Waals surface area contributed by atoms with Crippen LogP contribution in [0, 0.1) is 0 Å². The molecule has 192 valence electrons. The molecule has 0 amide bonds. The van der Waals surface area contributed by atoms with Gasteiger partial charge in [0.25, 0.3) is 0 Å². The Balaban J connectivity index is 1.25. The van der Waals surface area contributed by atoms with Crippen molar-refractivity contribution in [3.63, 3.8) is 0 Å². The highest BCUT2D eigenvalue weighted by molar-refractivity contribution is 7.99. The van der Waals surface area contributed by atoms with E-state index < -0.39 is 11.7 Å². The Labute approximate surface area is 219 Å². The number of thioether (sulfide) groups is 1. The third kappa shape index (κ3) is 5.05. The van der Waals surface area contributed by atoms with Gasteiger partial charge in [-0.15, -0.1) is 11.8 Å². The lowest BCUT2D eigenvalue weighted by atomic mass is 10.1. The molecule has 1 aliphatic carbocycles. The molecule has 1 saturated heterocycles. The van der Waals surface area contributed by atoms with Gasteiger partial charge in [-0.1, -0.05) is 22.9 Å². The first kappa shape index (κ1) is 24.3. The minimum absolute atomic E-state index is 0.00543. The van der Waals surface area contributed by atoms with Crippen molar-refractivity contribution in [3.8, 4) is 15.6 Å². The van der Waals surface area contributed by atoms with Gasteiger partial charge in [-0.05, 0) is 38.2 Å². The van der Waals surface area contributed by atoms with E-state index in [1.165, 1.54) is 24.2 Å². The molecule has 3 aliphatic rings. The van der Waals surface area contributed by atoms with Gasteiger partial charge in [0.2, 0.25) is 5.95 Å². The van der Waals surface area contributed by atoms with Gasteiger partial charge in [0.15, 0.2) is 10.9 Å². The number of hydrogen-bond acceptors (Lipinski definition) is 8. The Bertz CT molecular complexity index is 1230. The molecule has 5 heterocycles. The van der Waals surface area contributed by atoms with Crippen LogP contribution in [0.3, 0.4) is 0 Å². The zero-order valence-electron chi connectivity index (χ0n) is 19.2. The molecule has 36 heavy (non-hydrogen) atoms. The number of halogens is 4. The topological polar surface area (TPSA) is 68.1 Å². The highest BCUT2D eigenvalue weighted by Crippen LogP contribution is 2.46. The van der Waals surface area contributed by atoms with Crippen LogP contribution in [0.2, 0.25) is 5.02 Å². The van der Waals surface area contributed by atoms with Crippen molar-refractivity contribution in [2.24, 2.45) is 0 Å². The number of fused-ring (bicyclic) bond motifs is 1. The van der Waals surface area contributed by atoms with E-state index in [1.54, 1.807) is 24.0 Å². The monoisotopic (exact) mass is 556 g/mol. The van der Waals surface area contributed by atoms with Gasteiger partial charge in [0.05, 0.1) is 28.1 Å². The molecule has 1 saturated carbocycles. The van der Waals surface area contributed by atoms with Crippen molar-refractivity contribution in [1.82, 2.24) is 24.6 Å². The second kappa shape index (κ2) is 9.70. The van der Waals surface area contributed by atoms with Gasteiger partial charge >= 0.3 is 6.18 Å². The van der Waals surface area contributed by atoms with Crippen molar-refractivity contribution in [1.29, 1.82) is 0 Å². The molecule has 0 radical (unpaired) electrons. The molecule has 0 bridgehead atoms. The van der Waals surface area contributed by atoms with Crippen molar-refractivity contribution in [2.75, 3.05) is 30.8 Å². The normalized spacial score (nSPS) is 19.6. The number of ether oxygens (including phenoxy) is 1. The van der Waals surface area contributed by atoms with E-state index in [-0.39, 0.29) is 17.7 Å². The first-order chi connectivity index (χ1) is 17.3. The largest absolute Gasteiger partial charge is 0.483 e. The zero-order valence-corrected chi connectivity index (χ0v) is 21.6. The second-order valence-electron chi connectivity index (χ2n) is 9.20. The molecule has 1 N–H and O–H groups in total. The first-order valence-electron chi connectivity index (χ1n) is 11.9. The fraction of sp³-hybridized carbons (Fsp3) is 0.522. The highest BCUT2D eigenvalue weighted by atomic mass is 35.5. The zero-order chi connectivity index (χ0) is 24.9. The summed E-state index contributed by atoms with van der Waals surface area (Å²) < 4.78 is 49.0. The Hall–Kier alpha value is -2.02. The number of alkyl halides is 3. The standard InChI is InChI=1S/C23H24ClF3N6OS2/c24-16-12-33(14-4-6-32(7-5-14)13-2-3-13)31-20(16)30-22-28-11-15(23(25,26)27)19(29-22)17-10-18-21(36-17)34-8-1-9-35-18/h10-14H,1-9H2,(H,28,29,30,31). The number of piperidine rings is 1. The van der Waals surface area contributed by atoms with E-state index in [0.29, 0.717) is 27.4 Å². The number of nitrogens with one attached hydrogen (secondary N) is 1. The van der Waals surface area contributed by atoms with Gasteiger partial charge in [-0.2, -0.15) is 18.3 Å². The van der Waals surface area contributed by atoms with Crippen molar-refractivity contribution < 1.29 is 17.9 Å². The summed E-state index contributed by atoms with van der Waals surface area (Å²) in [5.74, 6) is 1.19. The van der Waals surface area contributed by atoms with Gasteiger partial charge in [0, 0.05) is 37.3 Å². The number of thiophene rings is 1. The van der Waals surface area contributed by atoms with E-state index in [2.05, 4.69) is 25.3 Å². The third-order valence-electron chi connectivity index (χ3n) is 6.63. The van der Waals surface area contributed by atoms with Gasteiger partial charge in [-0.3, -0.25) is 4.68 Å². The van der Waals surface area contributed by atoms with Gasteiger partial charge in [-0.25, -0.2) is 9.97 Å². The summed E-state index contributed by atoms with van der Waals surface area (Å²) in [6.45, 7) is 2.62. The molecule has 2 aliphatic heterocycles. The van der Waals surface area contributed by atoms with Crippen LogP contribution < -0.4 is 10.1 Å². The molecule has 13 heteroatoms. The van der Waals surface area contributed by atoms with Crippen LogP contribution >= 0.6 is 34.7 Å². The molecule has 7 nitrogen and oxygen atoms in total. The lowest BCUT2D eigenvalue weighted by Gasteiger charge is -2.31. The maximum absolute atomic E-state index is 13.8. The lowest BCUT2D eigenvalue weighted by Crippen LogP contribution is -2.36. The third-order valence-corrected chi connectivity index (χ3v) is 9.19. The summed E-state index contributed by atoms with van der Waals surface area (Å²) in [4.78, 5) is 11.9. The highest BCUT2D eigenvalue weighted by Gasteiger charge is 2.37. The minimum atomic E-state index is -4.60. The predicted octanol–water partition coefficient (Wildman–Crippen LogP) is 6.49. The summed E-state index contributed by atoms with van der Waals surface area (Å²) in [6.07, 6.45) is 3.42. The molecule has 0 aromatic carbocycles. The summed E-state index contributed by atoms with van der Waals surface area (Å²) in [6, 6.07) is 2.70. The van der Waals surface area contributed by atoms with Crippen LogP contribution in [0.5, 0.6) is 5.06 Å². The molecule has 3 aromatic heterocycles. The van der Waals surface area contributed by atoms with Crippen molar-refractivity contribution in [2.45, 2.75) is 55.3 Å². The molecule has 0 atom stereocenters. The number of anilines is 2. The number of aromatic nitrogens is 4. The molecular formula is C23H24ClF3N6OS2. The average Bonchev–Trinajstić information content (AvgIpc) is 3.59. The van der Waals surface area contributed by atoms with E-state index in [4.69, 9.17) is 16.3 Å². The first-order valence-corrected chi connectivity index (χ1v) is 14.1. The summed E-state index contributed by atoms with van der Waals surface area (Å²) in [5, 5.41) is 8.52. The van der Waals surface area contributed by atoms with E-state index in [9.17, 15) is 13.2 Å². The second-order valence-corrected chi connectivity index (χ2v) is 11.8. The summed E-state index contributed by atoms with van der Waals surface area (Å²) in [7, 11) is 0. The van der Waals surface area contributed by atoms with E-state index >= 15 is 0 Å². The molecular weight excluding hydrogens is 533 g/mol. The molecule has 2 fully saturated rings. The number of rotatable bonds is 5. The predicted molar refractivity (Wildman–Crippen MR) is 135 cm³/mol. The molecule has 3 aromatic rings. The lowest BCUT2D eigenvalue weighted by molar-refractivity contribution is -0.137. The maximum atomic E-state index is 13.8. The summed E-state index contributed by atoms with van der Waals surface area (Å²) in [5.41, 5.74) is -1.08. The van der Waals surface area contributed by atoms with E-state index in [1.807, 2.05) is 4.68 Å². The van der Waals surface area contributed by atoms with E-state index in [0.717, 1.165) is 55.2 Å². The smallest absolute Gasteiger partial charge is 0.420 e. The molecule has 0 unspecified atom stereocenters. The van der Waals surface area contributed by atoms with Crippen molar-refractivity contribution >= 4 is 46.5 Å². The number of likely N-dealkylation sites (tertiary alicyclic amines) is 1. The SMILES string of the molecule is FC(F)(F)c1cnc(Nc2nn(C3CCN(C4CC4)CC3)cc2Cl)nc1-c1cc2c(s1)OCCCS2. The molecule has 0 spiro atoms. The van der Waals surface area contributed by atoms with Crippen LogP contribution in [0.4, 0.5) is 24.9 Å². The van der Waals surface area contributed by atoms with Crippen molar-refractivity contribution in [3.05, 3.63) is 29.0 Å². The average molecular weight is 557 g/mol. The fourth-order valence-electron chi connectivity index (χ4n) is 4.62. The quantitative estimate of drug-likeness (QED) is 0.385. The van der Waals surface area contributed by atoms with Crippen LogP contribution in [-0.4, -0.2) is 56.1 Å². The van der Waals surface area contributed by atoms with Crippen LogP contribution in [0.1, 0.15) is 43.7 Å². The van der Waals surface area contributed by atoms with Crippen LogP contribution in [0.15, 0.2) is 23.4 Å². The van der Waals surface area contributed by atoms with Crippen LogP contribution in [0.25, 0.3) is 10.6 Å². The van der Waals surface area contributed by atoms with Gasteiger partial charge < -0.3 is 15.0 Å². The maximum Gasteiger partial charge on any atom is 0.420 e. The fourth-order valence-corrected chi connectivity index (χ4v) is 6.97.